The maximum Gasteiger partial charge on any atom is 0.272 e. The van der Waals surface area contributed by atoms with E-state index in [4.69, 9.17) is 0 Å². The van der Waals surface area contributed by atoms with Gasteiger partial charge >= 0.3 is 0 Å². The molecular weight excluding hydrogens is 220 g/mol. The molecule has 0 fully saturated rings. The first-order chi connectivity index (χ1) is 7.85. The predicted molar refractivity (Wildman–Crippen MR) is 67.2 cm³/mol. The SMILES string of the molecule is CC[C@](C)(O)CNc1ccc([N+](=O)[O-])c(C)c1. The van der Waals surface area contributed by atoms with Crippen LogP contribution in [0.25, 0.3) is 0 Å². The number of aryl methyl sites for hydroxylation is 1. The zero-order valence-corrected chi connectivity index (χ0v) is 10.4. The molecule has 0 aliphatic rings. The molecule has 0 aliphatic heterocycles. The second kappa shape index (κ2) is 5.14. The lowest BCUT2D eigenvalue weighted by Gasteiger charge is -2.22. The van der Waals surface area contributed by atoms with Crippen LogP contribution in [0.15, 0.2) is 18.2 Å². The molecule has 17 heavy (non-hydrogen) atoms. The molecular formula is C12H18N2O3. The van der Waals surface area contributed by atoms with Crippen molar-refractivity contribution in [3.8, 4) is 0 Å². The summed E-state index contributed by atoms with van der Waals surface area (Å²) in [6.45, 7) is 5.77. The fourth-order valence-corrected chi connectivity index (χ4v) is 1.39. The number of nitro groups is 1. The van der Waals surface area contributed by atoms with Crippen LogP contribution < -0.4 is 5.32 Å². The van der Waals surface area contributed by atoms with Gasteiger partial charge in [0, 0.05) is 23.9 Å². The molecule has 0 saturated carbocycles. The molecule has 2 N–H and O–H groups in total. The zero-order chi connectivity index (χ0) is 13.1. The van der Waals surface area contributed by atoms with E-state index in [2.05, 4.69) is 5.32 Å². The van der Waals surface area contributed by atoms with E-state index in [1.54, 1.807) is 26.0 Å². The highest BCUT2D eigenvalue weighted by molar-refractivity contribution is 5.53. The minimum Gasteiger partial charge on any atom is -0.388 e. The summed E-state index contributed by atoms with van der Waals surface area (Å²) >= 11 is 0. The third-order valence-electron chi connectivity index (χ3n) is 2.83. The van der Waals surface area contributed by atoms with Crippen molar-refractivity contribution in [2.45, 2.75) is 32.8 Å². The third kappa shape index (κ3) is 3.71. The summed E-state index contributed by atoms with van der Waals surface area (Å²) in [5, 5.41) is 23.5. The van der Waals surface area contributed by atoms with E-state index < -0.39 is 10.5 Å². The summed E-state index contributed by atoms with van der Waals surface area (Å²) in [7, 11) is 0. The zero-order valence-electron chi connectivity index (χ0n) is 10.4. The summed E-state index contributed by atoms with van der Waals surface area (Å²) in [5.41, 5.74) is 0.728. The lowest BCUT2D eigenvalue weighted by atomic mass is 10.0. The number of nitrogens with one attached hydrogen (secondary N) is 1. The summed E-state index contributed by atoms with van der Waals surface area (Å²) in [4.78, 5) is 10.2. The van der Waals surface area contributed by atoms with Crippen LogP contribution in [0.2, 0.25) is 0 Å². The number of benzene rings is 1. The largest absolute Gasteiger partial charge is 0.388 e. The van der Waals surface area contributed by atoms with Crippen LogP contribution in [0.1, 0.15) is 25.8 Å². The molecule has 0 radical (unpaired) electrons. The van der Waals surface area contributed by atoms with Gasteiger partial charge in [0.2, 0.25) is 0 Å². The van der Waals surface area contributed by atoms with Crippen LogP contribution in [-0.4, -0.2) is 22.2 Å². The number of nitro benzene ring substituents is 1. The van der Waals surface area contributed by atoms with Gasteiger partial charge < -0.3 is 10.4 Å². The normalized spacial score (nSPS) is 14.1. The molecule has 0 saturated heterocycles. The molecule has 0 aromatic heterocycles. The summed E-state index contributed by atoms with van der Waals surface area (Å²) in [6.07, 6.45) is 0.645. The second-order valence-corrected chi connectivity index (χ2v) is 4.46. The Labute approximate surface area is 101 Å². The number of hydrogen-bond donors (Lipinski definition) is 2. The van der Waals surface area contributed by atoms with Crippen molar-refractivity contribution in [1.82, 2.24) is 0 Å². The molecule has 0 unspecified atom stereocenters. The Morgan fingerprint density at radius 2 is 2.18 bits per heavy atom. The molecule has 0 aliphatic carbocycles. The summed E-state index contributed by atoms with van der Waals surface area (Å²) in [5.74, 6) is 0. The molecule has 0 heterocycles. The Kier molecular flexibility index (Phi) is 4.07. The Morgan fingerprint density at radius 3 is 2.65 bits per heavy atom. The van der Waals surface area contributed by atoms with Gasteiger partial charge in [0.1, 0.15) is 0 Å². The van der Waals surface area contributed by atoms with Gasteiger partial charge in [0.25, 0.3) is 5.69 Å². The van der Waals surface area contributed by atoms with Crippen molar-refractivity contribution >= 4 is 11.4 Å². The topological polar surface area (TPSA) is 75.4 Å². The van der Waals surface area contributed by atoms with Gasteiger partial charge in [0.05, 0.1) is 10.5 Å². The third-order valence-corrected chi connectivity index (χ3v) is 2.83. The smallest absolute Gasteiger partial charge is 0.272 e. The molecule has 0 spiro atoms. The minimum atomic E-state index is -0.768. The first kappa shape index (κ1) is 13.4. The fraction of sp³-hybridized carbons (Fsp3) is 0.500. The molecule has 0 amide bonds. The highest BCUT2D eigenvalue weighted by Gasteiger charge is 2.17. The Morgan fingerprint density at radius 1 is 1.53 bits per heavy atom. The van der Waals surface area contributed by atoms with E-state index in [-0.39, 0.29) is 5.69 Å². The Bertz CT molecular complexity index is 416. The van der Waals surface area contributed by atoms with E-state index >= 15 is 0 Å². The van der Waals surface area contributed by atoms with Crippen LogP contribution in [0.4, 0.5) is 11.4 Å². The van der Waals surface area contributed by atoms with Crippen LogP contribution >= 0.6 is 0 Å². The van der Waals surface area contributed by atoms with E-state index in [9.17, 15) is 15.2 Å². The number of hydrogen-bond acceptors (Lipinski definition) is 4. The van der Waals surface area contributed by atoms with Crippen molar-refractivity contribution in [3.05, 3.63) is 33.9 Å². The van der Waals surface area contributed by atoms with E-state index in [1.165, 1.54) is 6.07 Å². The van der Waals surface area contributed by atoms with Crippen LogP contribution in [0, 0.1) is 17.0 Å². The van der Waals surface area contributed by atoms with E-state index in [0.717, 1.165) is 5.69 Å². The second-order valence-electron chi connectivity index (χ2n) is 4.46. The van der Waals surface area contributed by atoms with Crippen molar-refractivity contribution in [1.29, 1.82) is 0 Å². The van der Waals surface area contributed by atoms with Gasteiger partial charge in [-0.05, 0) is 32.4 Å². The van der Waals surface area contributed by atoms with Crippen LogP contribution in [-0.2, 0) is 0 Å². The van der Waals surface area contributed by atoms with Crippen molar-refractivity contribution in [2.24, 2.45) is 0 Å². The lowest BCUT2D eigenvalue weighted by molar-refractivity contribution is -0.385. The summed E-state index contributed by atoms with van der Waals surface area (Å²) < 4.78 is 0. The molecule has 0 bridgehead atoms. The first-order valence-corrected chi connectivity index (χ1v) is 5.57. The average Bonchev–Trinajstić information content (AvgIpc) is 2.26. The Hall–Kier alpha value is -1.62. The molecule has 1 rings (SSSR count). The minimum absolute atomic E-state index is 0.109. The van der Waals surface area contributed by atoms with E-state index in [0.29, 0.717) is 18.5 Å². The number of rotatable bonds is 5. The first-order valence-electron chi connectivity index (χ1n) is 5.57. The molecule has 5 nitrogen and oxygen atoms in total. The molecule has 5 heteroatoms. The molecule has 94 valence electrons. The highest BCUT2D eigenvalue weighted by atomic mass is 16.6. The maximum absolute atomic E-state index is 10.6. The van der Waals surface area contributed by atoms with Gasteiger partial charge in [-0.1, -0.05) is 6.92 Å². The predicted octanol–water partition coefficient (Wildman–Crippen LogP) is 2.48. The van der Waals surface area contributed by atoms with Crippen molar-refractivity contribution in [2.75, 3.05) is 11.9 Å². The maximum atomic E-state index is 10.6. The average molecular weight is 238 g/mol. The van der Waals surface area contributed by atoms with Crippen molar-refractivity contribution in [3.63, 3.8) is 0 Å². The standard InChI is InChI=1S/C12H18N2O3/c1-4-12(3,15)8-13-10-5-6-11(14(16)17)9(2)7-10/h5-7,13,15H,4,8H2,1-3H3/t12-/m0/s1. The van der Waals surface area contributed by atoms with Crippen LogP contribution in [0.5, 0.6) is 0 Å². The monoisotopic (exact) mass is 238 g/mol. The van der Waals surface area contributed by atoms with E-state index in [1.807, 2.05) is 6.92 Å². The number of nitrogens with zero attached hydrogens (tertiary/aromatic N) is 1. The van der Waals surface area contributed by atoms with Gasteiger partial charge in [-0.25, -0.2) is 0 Å². The number of aliphatic hydroxyl groups is 1. The van der Waals surface area contributed by atoms with Gasteiger partial charge in [-0.3, -0.25) is 10.1 Å². The summed E-state index contributed by atoms with van der Waals surface area (Å²) in [6, 6.07) is 4.83. The van der Waals surface area contributed by atoms with Gasteiger partial charge in [-0.2, -0.15) is 0 Å². The van der Waals surface area contributed by atoms with Gasteiger partial charge in [0.15, 0.2) is 0 Å². The van der Waals surface area contributed by atoms with Crippen molar-refractivity contribution < 1.29 is 10.0 Å². The molecule has 1 aromatic carbocycles. The quantitative estimate of drug-likeness (QED) is 0.610. The van der Waals surface area contributed by atoms with Gasteiger partial charge in [-0.15, -0.1) is 0 Å². The Balaban J connectivity index is 2.75. The number of anilines is 1. The van der Waals surface area contributed by atoms with Crippen LogP contribution in [0.3, 0.4) is 0 Å². The highest BCUT2D eigenvalue weighted by Crippen LogP contribution is 2.22. The molecule has 1 atom stereocenters. The molecule has 1 aromatic rings. The lowest BCUT2D eigenvalue weighted by Crippen LogP contribution is -2.32. The fourth-order valence-electron chi connectivity index (χ4n) is 1.39.